The maximum absolute atomic E-state index is 9.39. The second-order valence-corrected chi connectivity index (χ2v) is 5.44. The van der Waals surface area contributed by atoms with E-state index in [0.29, 0.717) is 27.0 Å². The van der Waals surface area contributed by atoms with Crippen LogP contribution in [0.1, 0.15) is 25.3 Å². The minimum atomic E-state index is -0.467. The van der Waals surface area contributed by atoms with E-state index in [1.807, 2.05) is 0 Å². The molecule has 3 nitrogen and oxygen atoms in total. The lowest BCUT2D eigenvalue weighted by Crippen LogP contribution is -2.24. The van der Waals surface area contributed by atoms with Crippen LogP contribution in [0.5, 0.6) is 0 Å². The van der Waals surface area contributed by atoms with E-state index >= 15 is 0 Å². The molecule has 20 heavy (non-hydrogen) atoms. The molecule has 2 unspecified atom stereocenters. The van der Waals surface area contributed by atoms with Gasteiger partial charge in [0.25, 0.3) is 0 Å². The monoisotopic (exact) mass is 303 g/mol. The molecule has 5 heteroatoms. The van der Waals surface area contributed by atoms with Crippen molar-refractivity contribution < 1.29 is 0 Å². The number of nitrogens with zero attached hydrogens (tertiary/aromatic N) is 3. The summed E-state index contributed by atoms with van der Waals surface area (Å²) in [5.41, 5.74) is 2.66. The Morgan fingerprint density at radius 2 is 1.85 bits per heavy atom. The molecular weight excluding hydrogens is 293 g/mol. The van der Waals surface area contributed by atoms with Crippen molar-refractivity contribution in [2.24, 2.45) is 10.9 Å². The Labute approximate surface area is 127 Å². The molecule has 2 atom stereocenters. The zero-order chi connectivity index (χ0) is 14.9. The molecule has 0 N–H and O–H groups in total. The number of benzene rings is 1. The first-order valence-corrected chi connectivity index (χ1v) is 6.75. The van der Waals surface area contributed by atoms with Crippen molar-refractivity contribution in [3.8, 4) is 12.1 Å². The van der Waals surface area contributed by atoms with Gasteiger partial charge in [-0.25, -0.2) is 0 Å². The molecule has 1 aliphatic rings. The number of allylic oxidation sites excluding steroid dienone is 2. The van der Waals surface area contributed by atoms with Crippen molar-refractivity contribution in [1.29, 1.82) is 10.5 Å². The number of halogens is 2. The second kappa shape index (κ2) is 5.67. The fourth-order valence-corrected chi connectivity index (χ4v) is 2.72. The number of nitriles is 2. The molecule has 1 aromatic carbocycles. The van der Waals surface area contributed by atoms with Gasteiger partial charge in [-0.2, -0.15) is 10.5 Å². The summed E-state index contributed by atoms with van der Waals surface area (Å²) in [6.07, 6.45) is 0. The van der Waals surface area contributed by atoms with Crippen LogP contribution in [0, 0.1) is 28.6 Å². The summed E-state index contributed by atoms with van der Waals surface area (Å²) >= 11 is 12.0. The molecular formula is C15H11Cl2N3. The van der Waals surface area contributed by atoms with Gasteiger partial charge >= 0.3 is 0 Å². The SMILES string of the molecule is CC1=NC(C)=C(C#N)C(c2ccc(Cl)c(Cl)c2)C1C#N. The standard InChI is InChI=1S/C15H11Cl2N3/c1-8-11(6-18)15(12(7-19)9(2)20-8)10-3-4-13(16)14(17)5-10/h3-5,11,15H,1-2H3. The highest BCUT2D eigenvalue weighted by Crippen LogP contribution is 2.39. The van der Waals surface area contributed by atoms with Crippen molar-refractivity contribution in [2.45, 2.75) is 19.8 Å². The zero-order valence-corrected chi connectivity index (χ0v) is 12.5. The highest BCUT2D eigenvalue weighted by atomic mass is 35.5. The van der Waals surface area contributed by atoms with E-state index in [-0.39, 0.29) is 5.92 Å². The molecule has 0 radical (unpaired) electrons. The van der Waals surface area contributed by atoms with E-state index in [1.54, 1.807) is 32.0 Å². The van der Waals surface area contributed by atoms with E-state index in [2.05, 4.69) is 17.1 Å². The van der Waals surface area contributed by atoms with Crippen molar-refractivity contribution in [3.63, 3.8) is 0 Å². The molecule has 0 fully saturated rings. The molecule has 1 aromatic rings. The summed E-state index contributed by atoms with van der Waals surface area (Å²) < 4.78 is 0. The summed E-state index contributed by atoms with van der Waals surface area (Å²) in [4.78, 5) is 4.30. The van der Waals surface area contributed by atoms with Gasteiger partial charge in [0, 0.05) is 11.6 Å². The molecule has 0 saturated heterocycles. The van der Waals surface area contributed by atoms with Gasteiger partial charge in [-0.3, -0.25) is 4.99 Å². The van der Waals surface area contributed by atoms with Gasteiger partial charge in [-0.05, 0) is 31.5 Å². The average molecular weight is 304 g/mol. The van der Waals surface area contributed by atoms with E-state index < -0.39 is 5.92 Å². The average Bonchev–Trinajstić information content (AvgIpc) is 2.41. The van der Waals surface area contributed by atoms with Gasteiger partial charge in [0.2, 0.25) is 0 Å². The molecule has 0 bridgehead atoms. The van der Waals surface area contributed by atoms with Crippen LogP contribution < -0.4 is 0 Å². The predicted molar refractivity (Wildman–Crippen MR) is 79.7 cm³/mol. The van der Waals surface area contributed by atoms with Gasteiger partial charge in [0.1, 0.15) is 0 Å². The molecule has 1 aliphatic heterocycles. The van der Waals surface area contributed by atoms with Crippen LogP contribution in [0.2, 0.25) is 10.0 Å². The van der Waals surface area contributed by atoms with E-state index in [4.69, 9.17) is 23.2 Å². The van der Waals surface area contributed by atoms with E-state index in [9.17, 15) is 10.5 Å². The summed E-state index contributed by atoms with van der Waals surface area (Å²) in [6, 6.07) is 9.58. The Kier molecular flexibility index (Phi) is 4.14. The summed E-state index contributed by atoms with van der Waals surface area (Å²) in [7, 11) is 0. The third-order valence-corrected chi connectivity index (χ3v) is 4.13. The van der Waals surface area contributed by atoms with Crippen LogP contribution in [0.3, 0.4) is 0 Å². The number of aliphatic imine (C=N–C) groups is 1. The van der Waals surface area contributed by atoms with Crippen LogP contribution in [0.4, 0.5) is 0 Å². The Morgan fingerprint density at radius 1 is 1.15 bits per heavy atom. The number of hydrogen-bond donors (Lipinski definition) is 0. The highest BCUT2D eigenvalue weighted by Gasteiger charge is 2.34. The Bertz CT molecular complexity index is 705. The Hall–Kier alpha value is -1.81. The van der Waals surface area contributed by atoms with Crippen molar-refractivity contribution in [3.05, 3.63) is 45.1 Å². The molecule has 0 aliphatic carbocycles. The zero-order valence-electron chi connectivity index (χ0n) is 11.0. The Morgan fingerprint density at radius 3 is 2.40 bits per heavy atom. The summed E-state index contributed by atoms with van der Waals surface area (Å²) in [6.45, 7) is 3.58. The van der Waals surface area contributed by atoms with Crippen LogP contribution in [0.25, 0.3) is 0 Å². The van der Waals surface area contributed by atoms with Crippen LogP contribution in [-0.4, -0.2) is 5.71 Å². The van der Waals surface area contributed by atoms with E-state index in [1.165, 1.54) is 0 Å². The quantitative estimate of drug-likeness (QED) is 0.767. The fourth-order valence-electron chi connectivity index (χ4n) is 2.41. The lowest BCUT2D eigenvalue weighted by atomic mass is 9.77. The summed E-state index contributed by atoms with van der Waals surface area (Å²) in [5, 5.41) is 19.6. The third kappa shape index (κ3) is 2.43. The van der Waals surface area contributed by atoms with Gasteiger partial charge in [0.05, 0.1) is 39.4 Å². The molecule has 0 spiro atoms. The maximum atomic E-state index is 9.39. The van der Waals surface area contributed by atoms with Crippen molar-refractivity contribution in [1.82, 2.24) is 0 Å². The fraction of sp³-hybridized carbons (Fsp3) is 0.267. The third-order valence-electron chi connectivity index (χ3n) is 3.39. The highest BCUT2D eigenvalue weighted by molar-refractivity contribution is 6.42. The van der Waals surface area contributed by atoms with Crippen molar-refractivity contribution >= 4 is 28.9 Å². The van der Waals surface area contributed by atoms with Gasteiger partial charge in [0.15, 0.2) is 0 Å². The molecule has 2 rings (SSSR count). The van der Waals surface area contributed by atoms with Gasteiger partial charge in [-0.1, -0.05) is 29.3 Å². The molecule has 0 aromatic heterocycles. The van der Waals surface area contributed by atoms with Gasteiger partial charge in [-0.15, -0.1) is 0 Å². The first kappa shape index (κ1) is 14.6. The van der Waals surface area contributed by atoms with Crippen LogP contribution in [0.15, 0.2) is 34.5 Å². The Balaban J connectivity index is 2.63. The first-order chi connectivity index (χ1) is 9.49. The van der Waals surface area contributed by atoms with Crippen molar-refractivity contribution in [2.75, 3.05) is 0 Å². The van der Waals surface area contributed by atoms with E-state index in [0.717, 1.165) is 5.56 Å². The normalized spacial score (nSPS) is 22.0. The first-order valence-electron chi connectivity index (χ1n) is 6.00. The number of hydrogen-bond acceptors (Lipinski definition) is 3. The smallest absolute Gasteiger partial charge is 0.0973 e. The second-order valence-electron chi connectivity index (χ2n) is 4.62. The molecule has 0 amide bonds. The lowest BCUT2D eigenvalue weighted by molar-refractivity contribution is 0.703. The lowest BCUT2D eigenvalue weighted by Gasteiger charge is -2.27. The van der Waals surface area contributed by atoms with Gasteiger partial charge < -0.3 is 0 Å². The molecule has 0 saturated carbocycles. The largest absolute Gasteiger partial charge is 0.260 e. The minimum absolute atomic E-state index is 0.350. The molecule has 100 valence electrons. The number of rotatable bonds is 1. The molecule has 1 heterocycles. The topological polar surface area (TPSA) is 59.9 Å². The minimum Gasteiger partial charge on any atom is -0.260 e. The maximum Gasteiger partial charge on any atom is 0.0973 e. The summed E-state index contributed by atoms with van der Waals surface area (Å²) in [5.74, 6) is -0.817. The van der Waals surface area contributed by atoms with Crippen LogP contribution >= 0.6 is 23.2 Å². The predicted octanol–water partition coefficient (Wildman–Crippen LogP) is 4.49. The van der Waals surface area contributed by atoms with Crippen LogP contribution in [-0.2, 0) is 0 Å².